The van der Waals surface area contributed by atoms with Crippen molar-refractivity contribution in [1.82, 2.24) is 19.9 Å². The third kappa shape index (κ3) is 3.20. The number of aromatic nitrogens is 2. The summed E-state index contributed by atoms with van der Waals surface area (Å²) in [7, 11) is 1.93. The van der Waals surface area contributed by atoms with Crippen LogP contribution in [-0.4, -0.2) is 52.5 Å². The maximum absolute atomic E-state index is 14.0. The molecule has 1 saturated heterocycles. The van der Waals surface area contributed by atoms with Crippen molar-refractivity contribution in [3.63, 3.8) is 0 Å². The number of aryl methyl sites for hydroxylation is 1. The van der Waals surface area contributed by atoms with E-state index in [9.17, 15) is 9.18 Å². The Morgan fingerprint density at radius 1 is 1.43 bits per heavy atom. The van der Waals surface area contributed by atoms with E-state index >= 15 is 0 Å². The zero-order chi connectivity index (χ0) is 16.6. The first-order chi connectivity index (χ1) is 11.0. The van der Waals surface area contributed by atoms with Crippen LogP contribution in [0.15, 0.2) is 22.7 Å². The molecule has 0 bridgehead atoms. The van der Waals surface area contributed by atoms with Crippen LogP contribution in [0.1, 0.15) is 28.1 Å². The van der Waals surface area contributed by atoms with Crippen LogP contribution >= 0.6 is 11.6 Å². The first kappa shape index (κ1) is 15.9. The van der Waals surface area contributed by atoms with Gasteiger partial charge in [-0.2, -0.15) is 4.98 Å². The number of piperazine rings is 1. The number of benzene rings is 1. The number of hydrogen-bond donors (Lipinski definition) is 0. The Labute approximate surface area is 137 Å². The van der Waals surface area contributed by atoms with Crippen molar-refractivity contribution in [3.05, 3.63) is 46.3 Å². The van der Waals surface area contributed by atoms with Crippen molar-refractivity contribution in [2.75, 3.05) is 26.7 Å². The van der Waals surface area contributed by atoms with Crippen LogP contribution in [0.3, 0.4) is 0 Å². The minimum Gasteiger partial charge on any atom is -0.338 e. The van der Waals surface area contributed by atoms with Crippen LogP contribution in [0.5, 0.6) is 0 Å². The zero-order valence-electron chi connectivity index (χ0n) is 12.8. The Bertz CT molecular complexity index is 736. The Morgan fingerprint density at radius 2 is 2.22 bits per heavy atom. The number of nitrogens with zero attached hydrogens (tertiary/aromatic N) is 4. The number of likely N-dealkylation sites (N-methyl/N-ethyl adjacent to an activating group) is 1. The molecule has 0 N–H and O–H groups in total. The quantitative estimate of drug-likeness (QED) is 0.840. The maximum Gasteiger partial charge on any atom is 0.256 e. The molecule has 0 aliphatic carbocycles. The number of carbonyl (C=O) groups excluding carboxylic acids is 1. The van der Waals surface area contributed by atoms with Crippen LogP contribution in [0.2, 0.25) is 5.02 Å². The fourth-order valence-electron chi connectivity index (χ4n) is 2.61. The number of rotatable bonds is 2. The average molecular weight is 339 g/mol. The van der Waals surface area contributed by atoms with E-state index in [1.54, 1.807) is 11.8 Å². The molecule has 1 amide bonds. The van der Waals surface area contributed by atoms with Gasteiger partial charge < -0.3 is 9.42 Å². The molecule has 3 rings (SSSR count). The molecule has 0 radical (unpaired) electrons. The van der Waals surface area contributed by atoms with Crippen LogP contribution in [0.4, 0.5) is 4.39 Å². The maximum atomic E-state index is 14.0. The van der Waals surface area contributed by atoms with Crippen molar-refractivity contribution in [1.29, 1.82) is 0 Å². The summed E-state index contributed by atoms with van der Waals surface area (Å²) in [6, 6.07) is 3.85. The van der Waals surface area contributed by atoms with Crippen LogP contribution in [0.25, 0.3) is 0 Å². The van der Waals surface area contributed by atoms with Crippen molar-refractivity contribution in [2.24, 2.45) is 0 Å². The lowest BCUT2D eigenvalue weighted by Gasteiger charge is -2.37. The van der Waals surface area contributed by atoms with Gasteiger partial charge in [-0.15, -0.1) is 0 Å². The molecule has 1 aromatic carbocycles. The monoisotopic (exact) mass is 338 g/mol. The number of carbonyl (C=O) groups is 1. The van der Waals surface area contributed by atoms with Gasteiger partial charge in [0.05, 0.1) is 5.56 Å². The highest BCUT2D eigenvalue weighted by Crippen LogP contribution is 2.24. The van der Waals surface area contributed by atoms with Crippen LogP contribution in [-0.2, 0) is 0 Å². The van der Waals surface area contributed by atoms with E-state index in [4.69, 9.17) is 16.1 Å². The Kier molecular flexibility index (Phi) is 4.32. The van der Waals surface area contributed by atoms with E-state index in [0.29, 0.717) is 31.3 Å². The highest BCUT2D eigenvalue weighted by atomic mass is 35.5. The molecular formula is C15H16ClFN4O2. The zero-order valence-corrected chi connectivity index (χ0v) is 13.5. The fraction of sp³-hybridized carbons (Fsp3) is 0.400. The van der Waals surface area contributed by atoms with Gasteiger partial charge in [0.15, 0.2) is 5.82 Å². The summed E-state index contributed by atoms with van der Waals surface area (Å²) in [4.78, 5) is 20.4. The molecule has 8 heteroatoms. The normalized spacial score (nSPS) is 19.1. The van der Waals surface area contributed by atoms with Crippen molar-refractivity contribution >= 4 is 17.5 Å². The molecule has 0 unspecified atom stereocenters. The van der Waals surface area contributed by atoms with E-state index < -0.39 is 5.82 Å². The van der Waals surface area contributed by atoms with Gasteiger partial charge in [0.2, 0.25) is 5.89 Å². The summed E-state index contributed by atoms with van der Waals surface area (Å²) in [5.41, 5.74) is 0.0133. The van der Waals surface area contributed by atoms with Crippen molar-refractivity contribution in [3.8, 4) is 0 Å². The molecule has 1 atom stereocenters. The van der Waals surface area contributed by atoms with Gasteiger partial charge in [0.25, 0.3) is 5.91 Å². The van der Waals surface area contributed by atoms with Gasteiger partial charge in [-0.1, -0.05) is 16.8 Å². The summed E-state index contributed by atoms with van der Waals surface area (Å²) in [6.45, 7) is 3.23. The van der Waals surface area contributed by atoms with Gasteiger partial charge in [0.1, 0.15) is 11.9 Å². The van der Waals surface area contributed by atoms with Crippen LogP contribution in [0, 0.1) is 12.7 Å². The molecule has 1 aromatic heterocycles. The lowest BCUT2D eigenvalue weighted by Crippen LogP contribution is -2.49. The number of amides is 1. The van der Waals surface area contributed by atoms with Gasteiger partial charge in [-0.05, 0) is 32.2 Å². The van der Waals surface area contributed by atoms with E-state index in [0.717, 1.165) is 6.07 Å². The largest absolute Gasteiger partial charge is 0.338 e. The highest BCUT2D eigenvalue weighted by molar-refractivity contribution is 6.30. The second kappa shape index (κ2) is 6.25. The summed E-state index contributed by atoms with van der Waals surface area (Å²) in [5, 5.41) is 4.05. The minimum absolute atomic E-state index is 0.0133. The minimum atomic E-state index is -0.619. The molecule has 0 spiro atoms. The lowest BCUT2D eigenvalue weighted by atomic mass is 10.1. The van der Waals surface area contributed by atoms with Crippen LogP contribution < -0.4 is 0 Å². The molecule has 0 saturated carbocycles. The molecule has 1 fully saturated rings. The van der Waals surface area contributed by atoms with E-state index in [1.807, 2.05) is 11.9 Å². The predicted molar refractivity (Wildman–Crippen MR) is 81.7 cm³/mol. The van der Waals surface area contributed by atoms with Gasteiger partial charge >= 0.3 is 0 Å². The predicted octanol–water partition coefficient (Wildman–Crippen LogP) is 2.30. The lowest BCUT2D eigenvalue weighted by molar-refractivity contribution is 0.0485. The molecule has 1 aliphatic rings. The number of halogens is 2. The Balaban J connectivity index is 1.81. The standard InChI is InChI=1S/C15H16ClFN4O2/c1-9-18-14(23-19-9)13-8-21(6-5-20(13)2)15(22)11-4-3-10(16)7-12(11)17/h3-4,7,13H,5-6,8H2,1-2H3/t13-/m0/s1. The SMILES string of the molecule is Cc1noc([C@@H]2CN(C(=O)c3ccc(Cl)cc3F)CCN2C)n1. The van der Waals surface area contributed by atoms with E-state index in [1.165, 1.54) is 12.1 Å². The molecule has 2 heterocycles. The molecule has 2 aromatic rings. The molecule has 1 aliphatic heterocycles. The second-order valence-electron chi connectivity index (χ2n) is 5.55. The smallest absolute Gasteiger partial charge is 0.256 e. The summed E-state index contributed by atoms with van der Waals surface area (Å²) >= 11 is 5.73. The Hall–Kier alpha value is -1.99. The first-order valence-electron chi connectivity index (χ1n) is 7.20. The van der Waals surface area contributed by atoms with Crippen molar-refractivity contribution < 1.29 is 13.7 Å². The highest BCUT2D eigenvalue weighted by Gasteiger charge is 2.33. The van der Waals surface area contributed by atoms with Gasteiger partial charge in [0, 0.05) is 24.7 Å². The van der Waals surface area contributed by atoms with E-state index in [2.05, 4.69) is 10.1 Å². The molecule has 23 heavy (non-hydrogen) atoms. The third-order valence-corrected chi connectivity index (χ3v) is 4.16. The second-order valence-corrected chi connectivity index (χ2v) is 5.99. The molecule has 6 nitrogen and oxygen atoms in total. The van der Waals surface area contributed by atoms with E-state index in [-0.39, 0.29) is 22.5 Å². The fourth-order valence-corrected chi connectivity index (χ4v) is 2.77. The Morgan fingerprint density at radius 3 is 2.87 bits per heavy atom. The summed E-state index contributed by atoms with van der Waals surface area (Å²) < 4.78 is 19.2. The van der Waals surface area contributed by atoms with Gasteiger partial charge in [-0.3, -0.25) is 9.69 Å². The summed E-state index contributed by atoms with van der Waals surface area (Å²) in [5.74, 6) is 0.0137. The number of hydrogen-bond acceptors (Lipinski definition) is 5. The topological polar surface area (TPSA) is 62.5 Å². The molecule has 122 valence electrons. The third-order valence-electron chi connectivity index (χ3n) is 3.93. The molecular weight excluding hydrogens is 323 g/mol. The first-order valence-corrected chi connectivity index (χ1v) is 7.58. The summed E-state index contributed by atoms with van der Waals surface area (Å²) in [6.07, 6.45) is 0. The van der Waals surface area contributed by atoms with Crippen molar-refractivity contribution in [2.45, 2.75) is 13.0 Å². The average Bonchev–Trinajstić information content (AvgIpc) is 2.93. The van der Waals surface area contributed by atoms with Gasteiger partial charge in [-0.25, -0.2) is 4.39 Å².